The van der Waals surface area contributed by atoms with E-state index in [4.69, 9.17) is 4.74 Å². The van der Waals surface area contributed by atoms with E-state index in [2.05, 4.69) is 83.7 Å². The number of likely N-dealkylation sites (N-methyl/N-ethyl adjacent to an activating group) is 1. The second kappa shape index (κ2) is 11.5. The third-order valence-corrected chi connectivity index (χ3v) is 9.07. The van der Waals surface area contributed by atoms with Gasteiger partial charge in [-0.05, 0) is 81.3 Å². The van der Waals surface area contributed by atoms with Crippen molar-refractivity contribution in [2.45, 2.75) is 53.0 Å². The van der Waals surface area contributed by atoms with Crippen LogP contribution in [0, 0.1) is 13.8 Å². The molecule has 2 aliphatic rings. The van der Waals surface area contributed by atoms with E-state index >= 15 is 0 Å². The molecule has 5 rings (SSSR count). The van der Waals surface area contributed by atoms with E-state index in [0.717, 1.165) is 97.1 Å². The highest BCUT2D eigenvalue weighted by Crippen LogP contribution is 2.37. The van der Waals surface area contributed by atoms with Gasteiger partial charge in [0.05, 0.1) is 16.9 Å². The minimum absolute atomic E-state index is 0.0583. The molecule has 204 valence electrons. The van der Waals surface area contributed by atoms with Crippen LogP contribution >= 0.6 is 11.3 Å². The number of pyridine rings is 1. The number of hydrogen-bond donors (Lipinski definition) is 3. The lowest BCUT2D eigenvalue weighted by Gasteiger charge is -2.34. The number of ether oxygens (including phenoxy) is 1. The topological polar surface area (TPSA) is 72.6 Å². The Balaban J connectivity index is 1.59. The Morgan fingerprint density at radius 2 is 1.87 bits per heavy atom. The number of piperazine rings is 1. The predicted molar refractivity (Wildman–Crippen MR) is 162 cm³/mol. The van der Waals surface area contributed by atoms with E-state index in [9.17, 15) is 4.79 Å². The second-order valence-corrected chi connectivity index (χ2v) is 11.7. The summed E-state index contributed by atoms with van der Waals surface area (Å²) >= 11 is 1.60. The van der Waals surface area contributed by atoms with Crippen LogP contribution in [0.1, 0.15) is 49.8 Å². The van der Waals surface area contributed by atoms with Gasteiger partial charge < -0.3 is 30.2 Å². The largest absolute Gasteiger partial charge is 0.381 e. The Bertz CT molecular complexity index is 1380. The number of aryl methyl sites for hydroxylation is 2. The molecule has 7 nitrogen and oxygen atoms in total. The highest BCUT2D eigenvalue weighted by Gasteiger charge is 2.24. The smallest absolute Gasteiger partial charge is 0.260 e. The third-order valence-electron chi connectivity index (χ3n) is 8.06. The van der Waals surface area contributed by atoms with Gasteiger partial charge in [-0.3, -0.25) is 4.79 Å². The Kier molecular flexibility index (Phi) is 8.12. The molecule has 0 unspecified atom stereocenters. The van der Waals surface area contributed by atoms with Crippen molar-refractivity contribution in [1.82, 2.24) is 9.88 Å². The molecule has 3 N–H and O–H groups in total. The van der Waals surface area contributed by atoms with Crippen molar-refractivity contribution in [3.8, 4) is 0 Å². The van der Waals surface area contributed by atoms with Crippen LogP contribution in [0.3, 0.4) is 0 Å². The Labute approximate surface area is 229 Å². The molecule has 0 atom stereocenters. The lowest BCUT2D eigenvalue weighted by Crippen LogP contribution is -2.44. The van der Waals surface area contributed by atoms with E-state index in [-0.39, 0.29) is 11.6 Å². The quantitative estimate of drug-likeness (QED) is 0.355. The second-order valence-electron chi connectivity index (χ2n) is 10.8. The summed E-state index contributed by atoms with van der Waals surface area (Å²) in [7, 11) is 2.18. The first-order valence-corrected chi connectivity index (χ1v) is 14.7. The molecular weight excluding hydrogens is 494 g/mol. The van der Waals surface area contributed by atoms with Gasteiger partial charge in [-0.2, -0.15) is 0 Å². The molecule has 38 heavy (non-hydrogen) atoms. The molecule has 0 radical (unpaired) electrons. The van der Waals surface area contributed by atoms with Gasteiger partial charge in [0.1, 0.15) is 4.83 Å². The number of thiophene rings is 1. The van der Waals surface area contributed by atoms with Crippen molar-refractivity contribution in [2.24, 2.45) is 0 Å². The number of aromatic amines is 1. The minimum atomic E-state index is -0.0583. The monoisotopic (exact) mass is 535 g/mol. The zero-order valence-corrected chi connectivity index (χ0v) is 24.2. The zero-order chi connectivity index (χ0) is 26.8. The van der Waals surface area contributed by atoms with Gasteiger partial charge in [0.15, 0.2) is 0 Å². The van der Waals surface area contributed by atoms with Crippen molar-refractivity contribution in [1.29, 1.82) is 0 Å². The van der Waals surface area contributed by atoms with Crippen molar-refractivity contribution < 1.29 is 4.74 Å². The van der Waals surface area contributed by atoms with Crippen molar-refractivity contribution in [2.75, 3.05) is 62.0 Å². The van der Waals surface area contributed by atoms with E-state index in [0.29, 0.717) is 5.56 Å². The fourth-order valence-corrected chi connectivity index (χ4v) is 6.33. The normalized spacial score (nSPS) is 18.1. The van der Waals surface area contributed by atoms with Crippen LogP contribution in [0.25, 0.3) is 15.9 Å². The highest BCUT2D eigenvalue weighted by molar-refractivity contribution is 7.17. The van der Waals surface area contributed by atoms with E-state index < -0.39 is 0 Å². The first-order valence-electron chi connectivity index (χ1n) is 13.8. The maximum atomic E-state index is 13.8. The van der Waals surface area contributed by atoms with Gasteiger partial charge in [-0.15, -0.1) is 11.3 Å². The maximum absolute atomic E-state index is 13.8. The van der Waals surface area contributed by atoms with Crippen LogP contribution < -0.4 is 21.1 Å². The molecule has 2 aromatic heterocycles. The molecule has 2 fully saturated rings. The zero-order valence-electron chi connectivity index (χ0n) is 23.4. The van der Waals surface area contributed by atoms with E-state index in [1.807, 2.05) is 0 Å². The lowest BCUT2D eigenvalue weighted by molar-refractivity contribution is 0.0905. The summed E-state index contributed by atoms with van der Waals surface area (Å²) in [6.45, 7) is 14.2. The number of aromatic nitrogens is 1. The Morgan fingerprint density at radius 3 is 2.58 bits per heavy atom. The van der Waals surface area contributed by atoms with Crippen molar-refractivity contribution in [3.05, 3.63) is 56.2 Å². The number of H-pyrrole nitrogens is 1. The average molecular weight is 536 g/mol. The van der Waals surface area contributed by atoms with Gasteiger partial charge in [-0.1, -0.05) is 13.0 Å². The standard InChI is InChI=1S/C30H41N5O2S/c1-6-19(2)27(32-24-17-23(8-7-20(24)3)35-13-11-34(5)12-14-35)26-28(31-22-9-15-37-16-10-22)25-21(4)18-38-30(25)33-29(26)36/h7-8,17-18,22,32H,6,9-16H2,1-5H3,(H2,31,33,36)/b27-19+. The number of nitrogens with zero attached hydrogens (tertiary/aromatic N) is 2. The summed E-state index contributed by atoms with van der Waals surface area (Å²) in [6, 6.07) is 6.93. The molecule has 8 heteroatoms. The lowest BCUT2D eigenvalue weighted by atomic mass is 9.99. The molecule has 0 aliphatic carbocycles. The fraction of sp³-hybridized carbons (Fsp3) is 0.500. The summed E-state index contributed by atoms with van der Waals surface area (Å²) in [5, 5.41) is 10.8. The highest BCUT2D eigenvalue weighted by atomic mass is 32.1. The van der Waals surface area contributed by atoms with E-state index in [1.54, 1.807) is 11.3 Å². The number of rotatable bonds is 7. The molecular formula is C30H41N5O2S. The summed E-state index contributed by atoms with van der Waals surface area (Å²) in [4.78, 5) is 22.7. The van der Waals surface area contributed by atoms with Gasteiger partial charge in [-0.25, -0.2) is 0 Å². The summed E-state index contributed by atoms with van der Waals surface area (Å²) in [6.07, 6.45) is 2.71. The summed E-state index contributed by atoms with van der Waals surface area (Å²) in [5.41, 5.74) is 8.24. The van der Waals surface area contributed by atoms with E-state index in [1.165, 1.54) is 11.3 Å². The number of nitrogens with one attached hydrogen (secondary N) is 3. The molecule has 0 bridgehead atoms. The third kappa shape index (κ3) is 5.48. The van der Waals surface area contributed by atoms with Crippen LogP contribution in [-0.4, -0.2) is 62.4 Å². The van der Waals surface area contributed by atoms with Gasteiger partial charge in [0.25, 0.3) is 5.56 Å². The first kappa shape index (κ1) is 26.8. The minimum Gasteiger partial charge on any atom is -0.381 e. The Morgan fingerprint density at radius 1 is 1.13 bits per heavy atom. The first-order chi connectivity index (χ1) is 18.4. The average Bonchev–Trinajstić information content (AvgIpc) is 3.29. The number of benzene rings is 1. The number of allylic oxidation sites excluding steroid dienone is 1. The van der Waals surface area contributed by atoms with Crippen LogP contribution in [0.2, 0.25) is 0 Å². The summed E-state index contributed by atoms with van der Waals surface area (Å²) in [5.74, 6) is 0. The van der Waals surface area contributed by atoms with Gasteiger partial charge in [0, 0.05) is 62.2 Å². The number of fused-ring (bicyclic) bond motifs is 1. The molecule has 0 amide bonds. The van der Waals surface area contributed by atoms with Gasteiger partial charge >= 0.3 is 0 Å². The molecule has 3 aromatic rings. The van der Waals surface area contributed by atoms with Crippen molar-refractivity contribution in [3.63, 3.8) is 0 Å². The van der Waals surface area contributed by atoms with Crippen molar-refractivity contribution >= 4 is 44.3 Å². The molecule has 0 spiro atoms. The van der Waals surface area contributed by atoms with Crippen LogP contribution in [0.4, 0.5) is 17.1 Å². The fourth-order valence-electron chi connectivity index (χ4n) is 5.38. The molecule has 4 heterocycles. The van der Waals surface area contributed by atoms with Gasteiger partial charge in [0.2, 0.25) is 0 Å². The predicted octanol–water partition coefficient (Wildman–Crippen LogP) is 5.80. The molecule has 2 aliphatic heterocycles. The summed E-state index contributed by atoms with van der Waals surface area (Å²) < 4.78 is 5.62. The van der Waals surface area contributed by atoms with Crippen LogP contribution in [0.15, 0.2) is 33.9 Å². The Hall–Kier alpha value is -2.81. The maximum Gasteiger partial charge on any atom is 0.260 e. The number of anilines is 3. The molecule has 1 aromatic carbocycles. The SMILES string of the molecule is CC/C(C)=C(/Nc1cc(N2CCN(C)CC2)ccc1C)c1c(NC2CCOCC2)c2c(C)csc2[nH]c1=O. The number of hydrogen-bond acceptors (Lipinski definition) is 7. The molecule has 0 saturated carbocycles. The van der Waals surface area contributed by atoms with Crippen LogP contribution in [0.5, 0.6) is 0 Å². The van der Waals surface area contributed by atoms with Crippen LogP contribution in [-0.2, 0) is 4.74 Å². The molecule has 2 saturated heterocycles.